The standard InChI is InChI=1S/C14H11N3O3/c1-17-10-7-9(3-4-12(10)20-14(17)19)11(18)8-13-15-5-2-6-16-13/h2-7H,8H2,1H3. The molecule has 0 bridgehead atoms. The molecule has 0 amide bonds. The number of carbonyl (C=O) groups excluding carboxylic acids is 1. The molecule has 6 heteroatoms. The van der Waals surface area contributed by atoms with Gasteiger partial charge in [0.05, 0.1) is 11.9 Å². The zero-order chi connectivity index (χ0) is 14.1. The highest BCUT2D eigenvalue weighted by molar-refractivity contribution is 5.99. The van der Waals surface area contributed by atoms with Gasteiger partial charge < -0.3 is 4.42 Å². The summed E-state index contributed by atoms with van der Waals surface area (Å²) < 4.78 is 6.39. The summed E-state index contributed by atoms with van der Waals surface area (Å²) in [5.74, 6) is -0.0820. The third-order valence-electron chi connectivity index (χ3n) is 3.05. The quantitative estimate of drug-likeness (QED) is 0.670. The van der Waals surface area contributed by atoms with E-state index in [9.17, 15) is 9.59 Å². The lowest BCUT2D eigenvalue weighted by atomic mass is 10.1. The second-order valence-corrected chi connectivity index (χ2v) is 4.37. The summed E-state index contributed by atoms with van der Waals surface area (Å²) >= 11 is 0. The van der Waals surface area contributed by atoms with Crippen molar-refractivity contribution in [2.75, 3.05) is 0 Å². The van der Waals surface area contributed by atoms with E-state index in [4.69, 9.17) is 4.42 Å². The zero-order valence-corrected chi connectivity index (χ0v) is 10.7. The molecule has 3 rings (SSSR count). The van der Waals surface area contributed by atoms with Gasteiger partial charge in [-0.25, -0.2) is 14.8 Å². The minimum Gasteiger partial charge on any atom is -0.408 e. The molecule has 20 heavy (non-hydrogen) atoms. The van der Waals surface area contributed by atoms with E-state index < -0.39 is 5.76 Å². The smallest absolute Gasteiger partial charge is 0.408 e. The van der Waals surface area contributed by atoms with Crippen molar-refractivity contribution in [3.8, 4) is 0 Å². The summed E-state index contributed by atoms with van der Waals surface area (Å²) in [6.07, 6.45) is 3.31. The van der Waals surface area contributed by atoms with Gasteiger partial charge in [0, 0.05) is 25.0 Å². The lowest BCUT2D eigenvalue weighted by Crippen LogP contribution is -2.09. The molecule has 2 heterocycles. The molecule has 0 N–H and O–H groups in total. The highest BCUT2D eigenvalue weighted by atomic mass is 16.4. The van der Waals surface area contributed by atoms with Gasteiger partial charge in [0.1, 0.15) is 5.82 Å². The first-order valence-corrected chi connectivity index (χ1v) is 6.04. The number of oxazole rings is 1. The molecule has 0 spiro atoms. The van der Waals surface area contributed by atoms with Crippen LogP contribution in [0.15, 0.2) is 45.9 Å². The van der Waals surface area contributed by atoms with Gasteiger partial charge in [-0.15, -0.1) is 0 Å². The number of Topliss-reactive ketones (excluding diaryl/α,β-unsaturated/α-hetero) is 1. The summed E-state index contributed by atoms with van der Waals surface area (Å²) in [5, 5.41) is 0. The van der Waals surface area contributed by atoms with E-state index in [0.29, 0.717) is 22.5 Å². The van der Waals surface area contributed by atoms with Crippen LogP contribution in [0, 0.1) is 0 Å². The van der Waals surface area contributed by atoms with E-state index >= 15 is 0 Å². The first-order chi connectivity index (χ1) is 9.65. The molecule has 0 aliphatic heterocycles. The van der Waals surface area contributed by atoms with Gasteiger partial charge in [-0.1, -0.05) is 0 Å². The van der Waals surface area contributed by atoms with Gasteiger partial charge in [-0.2, -0.15) is 0 Å². The lowest BCUT2D eigenvalue weighted by molar-refractivity contribution is 0.0991. The Hall–Kier alpha value is -2.76. The topological polar surface area (TPSA) is 78.0 Å². The first-order valence-electron chi connectivity index (χ1n) is 6.04. The lowest BCUT2D eigenvalue weighted by Gasteiger charge is -2.00. The second kappa shape index (κ2) is 4.73. The molecule has 100 valence electrons. The molecule has 6 nitrogen and oxygen atoms in total. The van der Waals surface area contributed by atoms with Gasteiger partial charge in [0.15, 0.2) is 11.4 Å². The number of nitrogens with zero attached hydrogens (tertiary/aromatic N) is 3. The maximum absolute atomic E-state index is 12.2. The number of aryl methyl sites for hydroxylation is 1. The van der Waals surface area contributed by atoms with Gasteiger partial charge in [0.2, 0.25) is 0 Å². The molecule has 2 aromatic heterocycles. The van der Waals surface area contributed by atoms with Crippen LogP contribution in [0.25, 0.3) is 11.1 Å². The Bertz CT molecular complexity index is 834. The fourth-order valence-corrected chi connectivity index (χ4v) is 1.97. The summed E-state index contributed by atoms with van der Waals surface area (Å²) in [5.41, 5.74) is 1.56. The molecule has 0 saturated heterocycles. The summed E-state index contributed by atoms with van der Waals surface area (Å²) in [6.45, 7) is 0. The van der Waals surface area contributed by atoms with Crippen molar-refractivity contribution in [3.05, 3.63) is 58.6 Å². The highest BCUT2D eigenvalue weighted by Gasteiger charge is 2.12. The van der Waals surface area contributed by atoms with Crippen molar-refractivity contribution < 1.29 is 9.21 Å². The number of benzene rings is 1. The van der Waals surface area contributed by atoms with Gasteiger partial charge in [-0.05, 0) is 24.3 Å². The van der Waals surface area contributed by atoms with Crippen molar-refractivity contribution in [1.29, 1.82) is 0 Å². The Morgan fingerprint density at radius 1 is 1.30 bits per heavy atom. The molecule has 0 unspecified atom stereocenters. The van der Waals surface area contributed by atoms with Crippen LogP contribution in [0.5, 0.6) is 0 Å². The average molecular weight is 269 g/mol. The Morgan fingerprint density at radius 3 is 2.80 bits per heavy atom. The molecular formula is C14H11N3O3. The summed E-state index contributed by atoms with van der Waals surface area (Å²) in [6, 6.07) is 6.60. The zero-order valence-electron chi connectivity index (χ0n) is 10.7. The van der Waals surface area contributed by atoms with Crippen LogP contribution in [0.4, 0.5) is 0 Å². The molecule has 0 aliphatic carbocycles. The maximum atomic E-state index is 12.2. The maximum Gasteiger partial charge on any atom is 0.419 e. The number of aromatic nitrogens is 3. The second-order valence-electron chi connectivity index (χ2n) is 4.37. The summed E-state index contributed by atoms with van der Waals surface area (Å²) in [7, 11) is 1.60. The molecule has 0 saturated carbocycles. The normalized spacial score (nSPS) is 10.8. The highest BCUT2D eigenvalue weighted by Crippen LogP contribution is 2.15. The first kappa shape index (κ1) is 12.3. The van der Waals surface area contributed by atoms with Crippen LogP contribution < -0.4 is 5.76 Å². The van der Waals surface area contributed by atoms with Crippen LogP contribution in [-0.2, 0) is 13.5 Å². The Kier molecular flexibility index (Phi) is 2.90. The fourth-order valence-electron chi connectivity index (χ4n) is 1.97. The van der Waals surface area contributed by atoms with E-state index in [1.54, 1.807) is 43.7 Å². The minimum atomic E-state index is -0.448. The van der Waals surface area contributed by atoms with E-state index in [2.05, 4.69) is 9.97 Å². The van der Waals surface area contributed by atoms with Gasteiger partial charge in [0.25, 0.3) is 0 Å². The number of fused-ring (bicyclic) bond motifs is 1. The number of hydrogen-bond donors (Lipinski definition) is 0. The third-order valence-corrected chi connectivity index (χ3v) is 3.05. The van der Waals surface area contributed by atoms with Crippen LogP contribution in [-0.4, -0.2) is 20.3 Å². The van der Waals surface area contributed by atoms with Crippen molar-refractivity contribution in [2.45, 2.75) is 6.42 Å². The molecule has 0 fully saturated rings. The van der Waals surface area contributed by atoms with Crippen molar-refractivity contribution in [1.82, 2.24) is 14.5 Å². The van der Waals surface area contributed by atoms with Crippen molar-refractivity contribution in [3.63, 3.8) is 0 Å². The third kappa shape index (κ3) is 2.11. The molecule has 0 aliphatic rings. The number of rotatable bonds is 3. The number of ketones is 1. The van der Waals surface area contributed by atoms with Crippen LogP contribution in [0.1, 0.15) is 16.2 Å². The Morgan fingerprint density at radius 2 is 2.05 bits per heavy atom. The van der Waals surface area contributed by atoms with Gasteiger partial charge in [-0.3, -0.25) is 9.36 Å². The monoisotopic (exact) mass is 269 g/mol. The molecule has 0 atom stereocenters. The van der Waals surface area contributed by atoms with Crippen LogP contribution in [0.3, 0.4) is 0 Å². The van der Waals surface area contributed by atoms with E-state index in [1.807, 2.05) is 0 Å². The average Bonchev–Trinajstić information content (AvgIpc) is 2.75. The largest absolute Gasteiger partial charge is 0.419 e. The van der Waals surface area contributed by atoms with E-state index in [0.717, 1.165) is 0 Å². The van der Waals surface area contributed by atoms with Gasteiger partial charge >= 0.3 is 5.76 Å². The van der Waals surface area contributed by atoms with Crippen LogP contribution >= 0.6 is 0 Å². The minimum absolute atomic E-state index is 0.105. The molecular weight excluding hydrogens is 258 g/mol. The number of hydrogen-bond acceptors (Lipinski definition) is 5. The molecule has 0 radical (unpaired) electrons. The summed E-state index contributed by atoms with van der Waals surface area (Å²) in [4.78, 5) is 31.6. The predicted octanol–water partition coefficient (Wildman–Crippen LogP) is 1.35. The predicted molar refractivity (Wildman–Crippen MR) is 71.5 cm³/mol. The number of carbonyl (C=O) groups is 1. The van der Waals surface area contributed by atoms with Crippen molar-refractivity contribution >= 4 is 16.9 Å². The fraction of sp³-hybridized carbons (Fsp3) is 0.143. The molecule has 3 aromatic rings. The van der Waals surface area contributed by atoms with E-state index in [-0.39, 0.29) is 12.2 Å². The molecule has 1 aromatic carbocycles. The Balaban J connectivity index is 1.96. The van der Waals surface area contributed by atoms with E-state index in [1.165, 1.54) is 4.57 Å². The van der Waals surface area contributed by atoms with Crippen molar-refractivity contribution in [2.24, 2.45) is 7.05 Å². The SMILES string of the molecule is Cn1c(=O)oc2ccc(C(=O)Cc3ncccn3)cc21. The Labute approximate surface area is 113 Å². The van der Waals surface area contributed by atoms with Crippen LogP contribution in [0.2, 0.25) is 0 Å².